The first-order valence-electron chi connectivity index (χ1n) is 7.25. The fourth-order valence-corrected chi connectivity index (χ4v) is 2.86. The number of aromatic nitrogens is 2. The number of rotatable bonds is 5. The third-order valence-corrected chi connectivity index (χ3v) is 4.24. The molecule has 5 heteroatoms. The fourth-order valence-electron chi connectivity index (χ4n) is 2.67. The Bertz CT molecular complexity index is 447. The van der Waals surface area contributed by atoms with E-state index in [0.717, 1.165) is 30.6 Å². The summed E-state index contributed by atoms with van der Waals surface area (Å²) < 4.78 is 0. The monoisotopic (exact) mass is 280 g/mol. The molecule has 1 saturated carbocycles. The molecule has 4 nitrogen and oxygen atoms in total. The summed E-state index contributed by atoms with van der Waals surface area (Å²) in [6.45, 7) is 6.77. The molecule has 1 unspecified atom stereocenters. The van der Waals surface area contributed by atoms with E-state index >= 15 is 0 Å². The molecule has 2 aliphatic rings. The lowest BCUT2D eigenvalue weighted by Crippen LogP contribution is -2.22. The molecule has 0 radical (unpaired) electrons. The Balaban J connectivity index is 1.57. The summed E-state index contributed by atoms with van der Waals surface area (Å²) in [5.41, 5.74) is 0. The van der Waals surface area contributed by atoms with Crippen LogP contribution in [0.4, 0.5) is 5.82 Å². The quantitative estimate of drug-likeness (QED) is 0.842. The van der Waals surface area contributed by atoms with Crippen LogP contribution in [-0.2, 0) is 0 Å². The molecule has 0 aromatic carbocycles. The van der Waals surface area contributed by atoms with Gasteiger partial charge in [0.1, 0.15) is 16.8 Å². The summed E-state index contributed by atoms with van der Waals surface area (Å²) in [4.78, 5) is 11.4. The van der Waals surface area contributed by atoms with Crippen LogP contribution in [-0.4, -0.2) is 41.0 Å². The van der Waals surface area contributed by atoms with E-state index < -0.39 is 0 Å². The minimum atomic E-state index is 0.543. The van der Waals surface area contributed by atoms with Gasteiger partial charge in [0.15, 0.2) is 0 Å². The van der Waals surface area contributed by atoms with E-state index in [2.05, 4.69) is 27.1 Å². The highest BCUT2D eigenvalue weighted by Crippen LogP contribution is 2.38. The number of hydrogen-bond donors (Lipinski definition) is 1. The molecule has 1 aromatic rings. The molecule has 1 aliphatic heterocycles. The zero-order valence-corrected chi connectivity index (χ0v) is 12.2. The SMILES string of the molecule is CCN1CCC(CNc2cc(Cl)nc(C3CC3)n2)C1. The first kappa shape index (κ1) is 13.1. The molecule has 1 saturated heterocycles. The van der Waals surface area contributed by atoms with Gasteiger partial charge < -0.3 is 10.2 Å². The van der Waals surface area contributed by atoms with Crippen molar-refractivity contribution in [1.29, 1.82) is 0 Å². The predicted molar refractivity (Wildman–Crippen MR) is 77.7 cm³/mol. The molecular weight excluding hydrogens is 260 g/mol. The Morgan fingerprint density at radius 1 is 1.37 bits per heavy atom. The molecule has 1 atom stereocenters. The first-order chi connectivity index (χ1) is 9.24. The average molecular weight is 281 g/mol. The lowest BCUT2D eigenvalue weighted by Gasteiger charge is -2.14. The number of nitrogens with one attached hydrogen (secondary N) is 1. The zero-order valence-electron chi connectivity index (χ0n) is 11.4. The third kappa shape index (κ3) is 3.37. The standard InChI is InChI=1S/C14H21ClN4/c1-2-19-6-5-10(9-19)8-16-13-7-12(15)17-14(18-13)11-3-4-11/h7,10-11H,2-6,8-9H2,1H3,(H,16,17,18). The van der Waals surface area contributed by atoms with Crippen molar-refractivity contribution in [3.63, 3.8) is 0 Å². The second-order valence-electron chi connectivity index (χ2n) is 5.64. The Kier molecular flexibility index (Phi) is 3.89. The molecule has 2 heterocycles. The fraction of sp³-hybridized carbons (Fsp3) is 0.714. The summed E-state index contributed by atoms with van der Waals surface area (Å²) in [5.74, 6) is 3.06. The topological polar surface area (TPSA) is 41.0 Å². The van der Waals surface area contributed by atoms with Gasteiger partial charge in [-0.15, -0.1) is 0 Å². The molecule has 19 heavy (non-hydrogen) atoms. The predicted octanol–water partition coefficient (Wildman–Crippen LogP) is 2.76. The van der Waals surface area contributed by atoms with E-state index in [0.29, 0.717) is 11.1 Å². The number of anilines is 1. The van der Waals surface area contributed by atoms with E-state index in [1.807, 2.05) is 6.07 Å². The minimum Gasteiger partial charge on any atom is -0.370 e. The van der Waals surface area contributed by atoms with Crippen molar-refractivity contribution < 1.29 is 0 Å². The Morgan fingerprint density at radius 2 is 2.21 bits per heavy atom. The molecule has 1 aliphatic carbocycles. The van der Waals surface area contributed by atoms with Crippen LogP contribution in [0.3, 0.4) is 0 Å². The van der Waals surface area contributed by atoms with E-state index in [9.17, 15) is 0 Å². The highest BCUT2D eigenvalue weighted by molar-refractivity contribution is 6.29. The van der Waals surface area contributed by atoms with Crippen LogP contribution < -0.4 is 5.32 Å². The normalized spacial score (nSPS) is 23.8. The van der Waals surface area contributed by atoms with Gasteiger partial charge in [-0.25, -0.2) is 9.97 Å². The summed E-state index contributed by atoms with van der Waals surface area (Å²) in [5, 5.41) is 3.99. The van der Waals surface area contributed by atoms with Gasteiger partial charge in [-0.05, 0) is 38.3 Å². The summed E-state index contributed by atoms with van der Waals surface area (Å²) in [7, 11) is 0. The van der Waals surface area contributed by atoms with Crippen molar-refractivity contribution >= 4 is 17.4 Å². The van der Waals surface area contributed by atoms with Crippen LogP contribution in [0.2, 0.25) is 5.15 Å². The second kappa shape index (κ2) is 5.63. The van der Waals surface area contributed by atoms with Gasteiger partial charge in [-0.1, -0.05) is 18.5 Å². The summed E-state index contributed by atoms with van der Waals surface area (Å²) in [6, 6.07) is 1.83. The van der Waals surface area contributed by atoms with Crippen LogP contribution in [0.25, 0.3) is 0 Å². The van der Waals surface area contributed by atoms with Crippen LogP contribution in [0.1, 0.15) is 37.9 Å². The lowest BCUT2D eigenvalue weighted by molar-refractivity contribution is 0.345. The molecular formula is C14H21ClN4. The Morgan fingerprint density at radius 3 is 2.89 bits per heavy atom. The molecule has 1 N–H and O–H groups in total. The summed E-state index contributed by atoms with van der Waals surface area (Å²) in [6.07, 6.45) is 3.68. The molecule has 104 valence electrons. The molecule has 3 rings (SSSR count). The van der Waals surface area contributed by atoms with E-state index in [4.69, 9.17) is 11.6 Å². The molecule has 1 aromatic heterocycles. The van der Waals surface area contributed by atoms with Crippen molar-refractivity contribution in [2.75, 3.05) is 31.5 Å². The zero-order chi connectivity index (χ0) is 13.2. The van der Waals surface area contributed by atoms with Crippen LogP contribution >= 0.6 is 11.6 Å². The van der Waals surface area contributed by atoms with Crippen molar-refractivity contribution in [3.8, 4) is 0 Å². The first-order valence-corrected chi connectivity index (χ1v) is 7.63. The number of nitrogens with zero attached hydrogens (tertiary/aromatic N) is 3. The number of hydrogen-bond acceptors (Lipinski definition) is 4. The van der Waals surface area contributed by atoms with Crippen LogP contribution in [0, 0.1) is 5.92 Å². The van der Waals surface area contributed by atoms with E-state index in [-0.39, 0.29) is 0 Å². The van der Waals surface area contributed by atoms with Gasteiger partial charge in [-0.3, -0.25) is 0 Å². The lowest BCUT2D eigenvalue weighted by atomic mass is 10.1. The third-order valence-electron chi connectivity index (χ3n) is 4.04. The van der Waals surface area contributed by atoms with Crippen LogP contribution in [0.5, 0.6) is 0 Å². The minimum absolute atomic E-state index is 0.543. The van der Waals surface area contributed by atoms with Crippen molar-refractivity contribution in [3.05, 3.63) is 17.0 Å². The van der Waals surface area contributed by atoms with Gasteiger partial charge >= 0.3 is 0 Å². The van der Waals surface area contributed by atoms with Gasteiger partial charge in [0, 0.05) is 25.1 Å². The van der Waals surface area contributed by atoms with Gasteiger partial charge in [-0.2, -0.15) is 0 Å². The van der Waals surface area contributed by atoms with Crippen molar-refractivity contribution in [2.45, 2.75) is 32.1 Å². The molecule has 0 spiro atoms. The second-order valence-corrected chi connectivity index (χ2v) is 6.02. The van der Waals surface area contributed by atoms with Gasteiger partial charge in [0.2, 0.25) is 0 Å². The maximum absolute atomic E-state index is 6.06. The van der Waals surface area contributed by atoms with Crippen molar-refractivity contribution in [1.82, 2.24) is 14.9 Å². The molecule has 0 bridgehead atoms. The van der Waals surface area contributed by atoms with Crippen molar-refractivity contribution in [2.24, 2.45) is 5.92 Å². The Hall–Kier alpha value is -0.870. The average Bonchev–Trinajstić information content (AvgIpc) is 3.15. The Labute approximate surface area is 119 Å². The highest BCUT2D eigenvalue weighted by Gasteiger charge is 2.27. The van der Waals surface area contributed by atoms with E-state index in [1.165, 1.54) is 32.4 Å². The van der Waals surface area contributed by atoms with E-state index in [1.54, 1.807) is 0 Å². The summed E-state index contributed by atoms with van der Waals surface area (Å²) >= 11 is 6.06. The largest absolute Gasteiger partial charge is 0.370 e. The van der Waals surface area contributed by atoms with Crippen LogP contribution in [0.15, 0.2) is 6.07 Å². The van der Waals surface area contributed by atoms with Gasteiger partial charge in [0.05, 0.1) is 0 Å². The number of likely N-dealkylation sites (tertiary alicyclic amines) is 1. The molecule has 0 amide bonds. The smallest absolute Gasteiger partial charge is 0.135 e. The maximum atomic E-state index is 6.06. The molecule has 2 fully saturated rings. The highest BCUT2D eigenvalue weighted by atomic mass is 35.5. The van der Waals surface area contributed by atoms with Gasteiger partial charge in [0.25, 0.3) is 0 Å². The maximum Gasteiger partial charge on any atom is 0.135 e. The number of halogens is 1.